The number of halogens is 1. The first-order valence-corrected chi connectivity index (χ1v) is 6.69. The van der Waals surface area contributed by atoms with Crippen molar-refractivity contribution in [1.29, 1.82) is 0 Å². The van der Waals surface area contributed by atoms with Crippen LogP contribution in [0.25, 0.3) is 0 Å². The second-order valence-corrected chi connectivity index (χ2v) is 6.53. The van der Waals surface area contributed by atoms with Gasteiger partial charge in [0.15, 0.2) is 0 Å². The monoisotopic (exact) mass is 250 g/mol. The zero-order chi connectivity index (χ0) is 13.3. The van der Waals surface area contributed by atoms with Crippen LogP contribution in [0.15, 0.2) is 12.3 Å². The third-order valence-electron chi connectivity index (χ3n) is 3.92. The lowest BCUT2D eigenvalue weighted by atomic mass is 9.80. The van der Waals surface area contributed by atoms with Crippen LogP contribution in [-0.2, 0) is 6.54 Å². The summed E-state index contributed by atoms with van der Waals surface area (Å²) in [6, 6.07) is 1.57. The number of hydrogen-bond acceptors (Lipinski definition) is 2. The molecule has 0 saturated carbocycles. The summed E-state index contributed by atoms with van der Waals surface area (Å²) in [5, 5.41) is 0. The molecule has 1 aliphatic heterocycles. The molecule has 1 fully saturated rings. The van der Waals surface area contributed by atoms with Gasteiger partial charge in [-0.3, -0.25) is 9.88 Å². The van der Waals surface area contributed by atoms with Crippen molar-refractivity contribution in [2.24, 2.45) is 11.3 Å². The van der Waals surface area contributed by atoms with Gasteiger partial charge in [0.2, 0.25) is 0 Å². The summed E-state index contributed by atoms with van der Waals surface area (Å²) in [6.45, 7) is 11.5. The fraction of sp³-hybridized carbons (Fsp3) is 0.667. The van der Waals surface area contributed by atoms with E-state index >= 15 is 0 Å². The lowest BCUT2D eigenvalue weighted by Gasteiger charge is -2.27. The number of pyridine rings is 1. The minimum absolute atomic E-state index is 0.172. The van der Waals surface area contributed by atoms with Gasteiger partial charge in [-0.15, -0.1) is 0 Å². The van der Waals surface area contributed by atoms with Crippen LogP contribution in [0.1, 0.15) is 38.4 Å². The van der Waals surface area contributed by atoms with Crippen LogP contribution in [-0.4, -0.2) is 23.0 Å². The van der Waals surface area contributed by atoms with E-state index in [0.29, 0.717) is 23.6 Å². The van der Waals surface area contributed by atoms with Gasteiger partial charge in [-0.25, -0.2) is 4.39 Å². The van der Waals surface area contributed by atoms with Gasteiger partial charge < -0.3 is 0 Å². The Morgan fingerprint density at radius 3 is 2.72 bits per heavy atom. The van der Waals surface area contributed by atoms with Gasteiger partial charge in [-0.05, 0) is 42.9 Å². The molecule has 2 heterocycles. The SMILES string of the molecule is Cc1cnc(CN2CCC(C(C)(C)C)C2)c(F)c1. The number of rotatable bonds is 2. The zero-order valence-corrected chi connectivity index (χ0v) is 11.8. The van der Waals surface area contributed by atoms with Crippen LogP contribution in [0, 0.1) is 24.1 Å². The highest BCUT2D eigenvalue weighted by Gasteiger charge is 2.31. The van der Waals surface area contributed by atoms with Crippen molar-refractivity contribution in [2.45, 2.75) is 40.7 Å². The summed E-state index contributed by atoms with van der Waals surface area (Å²) < 4.78 is 13.7. The standard InChI is InChI=1S/C15H23FN2/c1-11-7-13(16)14(17-8-11)10-18-6-5-12(9-18)15(2,3)4/h7-8,12H,5-6,9-10H2,1-4H3. The molecule has 0 aliphatic carbocycles. The van der Waals surface area contributed by atoms with Crippen LogP contribution < -0.4 is 0 Å². The molecular formula is C15H23FN2. The van der Waals surface area contributed by atoms with Gasteiger partial charge in [0.05, 0.1) is 5.69 Å². The van der Waals surface area contributed by atoms with Crippen molar-refractivity contribution in [3.05, 3.63) is 29.3 Å². The van der Waals surface area contributed by atoms with Crippen molar-refractivity contribution in [3.8, 4) is 0 Å². The van der Waals surface area contributed by atoms with Gasteiger partial charge in [-0.1, -0.05) is 20.8 Å². The summed E-state index contributed by atoms with van der Waals surface area (Å²) in [4.78, 5) is 6.53. The third kappa shape index (κ3) is 3.08. The number of likely N-dealkylation sites (tertiary alicyclic amines) is 1. The van der Waals surface area contributed by atoms with Crippen molar-refractivity contribution in [2.75, 3.05) is 13.1 Å². The average Bonchev–Trinajstić information content (AvgIpc) is 2.70. The number of aromatic nitrogens is 1. The smallest absolute Gasteiger partial charge is 0.146 e. The van der Waals surface area contributed by atoms with E-state index < -0.39 is 0 Å². The molecule has 0 amide bonds. The second kappa shape index (κ2) is 4.96. The number of nitrogens with zero attached hydrogens (tertiary/aromatic N) is 2. The molecule has 1 atom stereocenters. The maximum atomic E-state index is 13.7. The van der Waals surface area contributed by atoms with Crippen molar-refractivity contribution in [1.82, 2.24) is 9.88 Å². The highest BCUT2D eigenvalue weighted by Crippen LogP contribution is 2.34. The second-order valence-electron chi connectivity index (χ2n) is 6.53. The molecule has 18 heavy (non-hydrogen) atoms. The van der Waals surface area contributed by atoms with E-state index in [0.717, 1.165) is 18.7 Å². The summed E-state index contributed by atoms with van der Waals surface area (Å²) >= 11 is 0. The Morgan fingerprint density at radius 1 is 1.44 bits per heavy atom. The predicted molar refractivity (Wildman–Crippen MR) is 71.8 cm³/mol. The summed E-state index contributed by atoms with van der Waals surface area (Å²) in [7, 11) is 0. The summed E-state index contributed by atoms with van der Waals surface area (Å²) in [6.07, 6.45) is 2.95. The molecule has 0 aromatic carbocycles. The highest BCUT2D eigenvalue weighted by atomic mass is 19.1. The van der Waals surface area contributed by atoms with Gasteiger partial charge in [-0.2, -0.15) is 0 Å². The topological polar surface area (TPSA) is 16.1 Å². The molecule has 0 bridgehead atoms. The van der Waals surface area contributed by atoms with Crippen LogP contribution in [0.5, 0.6) is 0 Å². The van der Waals surface area contributed by atoms with E-state index in [2.05, 4.69) is 30.7 Å². The van der Waals surface area contributed by atoms with E-state index in [4.69, 9.17) is 0 Å². The van der Waals surface area contributed by atoms with E-state index in [1.807, 2.05) is 6.92 Å². The Hall–Kier alpha value is -0.960. The Kier molecular flexibility index (Phi) is 3.71. The molecule has 100 valence electrons. The van der Waals surface area contributed by atoms with Crippen LogP contribution in [0.4, 0.5) is 4.39 Å². The van der Waals surface area contributed by atoms with Crippen molar-refractivity contribution in [3.63, 3.8) is 0 Å². The molecule has 0 spiro atoms. The van der Waals surface area contributed by atoms with Crippen molar-refractivity contribution >= 4 is 0 Å². The van der Waals surface area contributed by atoms with Gasteiger partial charge in [0.25, 0.3) is 0 Å². The first kappa shape index (κ1) is 13.5. The quantitative estimate of drug-likeness (QED) is 0.799. The zero-order valence-electron chi connectivity index (χ0n) is 11.8. The molecule has 1 saturated heterocycles. The summed E-state index contributed by atoms with van der Waals surface area (Å²) in [5.41, 5.74) is 1.80. The van der Waals surface area contributed by atoms with E-state index in [-0.39, 0.29) is 5.82 Å². The minimum atomic E-state index is -0.172. The van der Waals surface area contributed by atoms with E-state index in [1.54, 1.807) is 12.3 Å². The van der Waals surface area contributed by atoms with Crippen molar-refractivity contribution < 1.29 is 4.39 Å². The molecule has 3 heteroatoms. The fourth-order valence-electron chi connectivity index (χ4n) is 2.57. The molecule has 0 N–H and O–H groups in total. The molecule has 1 aromatic rings. The molecule has 2 nitrogen and oxygen atoms in total. The maximum absolute atomic E-state index is 13.7. The lowest BCUT2D eigenvalue weighted by Crippen LogP contribution is -2.26. The van der Waals surface area contributed by atoms with E-state index in [1.165, 1.54) is 6.42 Å². The fourth-order valence-corrected chi connectivity index (χ4v) is 2.57. The van der Waals surface area contributed by atoms with E-state index in [9.17, 15) is 4.39 Å². The van der Waals surface area contributed by atoms with Gasteiger partial charge >= 0.3 is 0 Å². The first-order valence-electron chi connectivity index (χ1n) is 6.69. The Labute approximate surface area is 109 Å². The van der Waals surface area contributed by atoms with Crippen LogP contribution >= 0.6 is 0 Å². The first-order chi connectivity index (χ1) is 8.36. The minimum Gasteiger partial charge on any atom is -0.297 e. The Bertz CT molecular complexity index is 423. The third-order valence-corrected chi connectivity index (χ3v) is 3.92. The van der Waals surface area contributed by atoms with Gasteiger partial charge in [0.1, 0.15) is 5.82 Å². The lowest BCUT2D eigenvalue weighted by molar-refractivity contribution is 0.224. The Balaban J connectivity index is 1.99. The van der Waals surface area contributed by atoms with Crippen LogP contribution in [0.2, 0.25) is 0 Å². The highest BCUT2D eigenvalue weighted by molar-refractivity contribution is 5.14. The normalized spacial score (nSPS) is 21.5. The van der Waals surface area contributed by atoms with Crippen LogP contribution in [0.3, 0.4) is 0 Å². The molecule has 0 radical (unpaired) electrons. The Morgan fingerprint density at radius 2 is 2.17 bits per heavy atom. The summed E-state index contributed by atoms with van der Waals surface area (Å²) in [5.74, 6) is 0.528. The predicted octanol–water partition coefficient (Wildman–Crippen LogP) is 3.40. The molecule has 1 aliphatic rings. The number of aryl methyl sites for hydroxylation is 1. The molecule has 1 unspecified atom stereocenters. The maximum Gasteiger partial charge on any atom is 0.146 e. The largest absolute Gasteiger partial charge is 0.297 e. The average molecular weight is 250 g/mol. The molecule has 1 aromatic heterocycles. The number of hydrogen-bond donors (Lipinski definition) is 0. The molecule has 2 rings (SSSR count). The van der Waals surface area contributed by atoms with Gasteiger partial charge in [0, 0.05) is 19.3 Å². The molecular weight excluding hydrogens is 227 g/mol.